The Kier molecular flexibility index (Phi) is 14.7. The van der Waals surface area contributed by atoms with Gasteiger partial charge in [-0.25, -0.2) is 0 Å². The first kappa shape index (κ1) is 17.8. The minimum atomic E-state index is 0.333. The van der Waals surface area contributed by atoms with E-state index in [2.05, 4.69) is 18.7 Å². The molecule has 0 bridgehead atoms. The number of ketones is 1. The highest BCUT2D eigenvalue weighted by Gasteiger charge is 2.26. The standard InChI is InChI=1S/C4H6OS.C4H8S.2C2H6/c1-3(5)4-2-6-4;1-2-4-3-5-4;2*1-2/h4H,2H2,1H3;4H,2-3H2,1H3;2*1-2H3. The third-order valence-corrected chi connectivity index (χ3v) is 3.78. The molecule has 2 rings (SSSR count). The summed E-state index contributed by atoms with van der Waals surface area (Å²) in [6.07, 6.45) is 1.38. The van der Waals surface area contributed by atoms with Crippen molar-refractivity contribution >= 4 is 29.3 Å². The van der Waals surface area contributed by atoms with Gasteiger partial charge in [-0.05, 0) is 13.3 Å². The Morgan fingerprint density at radius 3 is 1.53 bits per heavy atom. The summed E-state index contributed by atoms with van der Waals surface area (Å²) in [5.41, 5.74) is 0. The summed E-state index contributed by atoms with van der Waals surface area (Å²) in [5.74, 6) is 2.83. The molecule has 0 N–H and O–H groups in total. The fourth-order valence-corrected chi connectivity index (χ4v) is 1.76. The van der Waals surface area contributed by atoms with E-state index in [1.54, 1.807) is 18.7 Å². The number of hydrogen-bond donors (Lipinski definition) is 0. The van der Waals surface area contributed by atoms with E-state index in [0.717, 1.165) is 11.0 Å². The highest BCUT2D eigenvalue weighted by Crippen LogP contribution is 2.32. The van der Waals surface area contributed by atoms with Crippen molar-refractivity contribution in [3.05, 3.63) is 0 Å². The number of hydrogen-bond acceptors (Lipinski definition) is 3. The predicted molar refractivity (Wildman–Crippen MR) is 76.2 cm³/mol. The Balaban J connectivity index is 0. The van der Waals surface area contributed by atoms with E-state index in [0.29, 0.717) is 11.0 Å². The van der Waals surface area contributed by atoms with E-state index < -0.39 is 0 Å². The van der Waals surface area contributed by atoms with Gasteiger partial charge in [0.1, 0.15) is 5.78 Å². The van der Waals surface area contributed by atoms with Crippen LogP contribution in [-0.4, -0.2) is 27.8 Å². The van der Waals surface area contributed by atoms with Crippen molar-refractivity contribution in [3.8, 4) is 0 Å². The maximum atomic E-state index is 10.2. The van der Waals surface area contributed by atoms with E-state index in [4.69, 9.17) is 0 Å². The van der Waals surface area contributed by atoms with Crippen LogP contribution in [0.1, 0.15) is 48.0 Å². The summed E-state index contributed by atoms with van der Waals surface area (Å²) >= 11 is 3.80. The smallest absolute Gasteiger partial charge is 0.143 e. The first-order chi connectivity index (χ1) is 7.24. The zero-order valence-corrected chi connectivity index (χ0v) is 12.6. The molecule has 0 spiro atoms. The third-order valence-electron chi connectivity index (χ3n) is 1.64. The molecular formula is C12H26OS2. The molecule has 2 aliphatic heterocycles. The van der Waals surface area contributed by atoms with Crippen molar-refractivity contribution in [3.63, 3.8) is 0 Å². The van der Waals surface area contributed by atoms with E-state index in [9.17, 15) is 4.79 Å². The molecule has 92 valence electrons. The molecule has 1 nitrogen and oxygen atoms in total. The maximum Gasteiger partial charge on any atom is 0.143 e. The molecule has 0 saturated carbocycles. The van der Waals surface area contributed by atoms with Crippen molar-refractivity contribution < 1.29 is 4.79 Å². The molecule has 2 saturated heterocycles. The lowest BCUT2D eigenvalue weighted by Crippen LogP contribution is -1.95. The van der Waals surface area contributed by atoms with Crippen LogP contribution in [0.15, 0.2) is 0 Å². The van der Waals surface area contributed by atoms with Crippen LogP contribution in [-0.2, 0) is 4.79 Å². The number of rotatable bonds is 2. The van der Waals surface area contributed by atoms with Gasteiger partial charge in [-0.3, -0.25) is 4.79 Å². The number of thioether (sulfide) groups is 2. The quantitative estimate of drug-likeness (QED) is 0.682. The molecule has 2 unspecified atom stereocenters. The minimum Gasteiger partial charge on any atom is -0.299 e. The largest absolute Gasteiger partial charge is 0.299 e. The topological polar surface area (TPSA) is 17.1 Å². The molecule has 0 aromatic heterocycles. The monoisotopic (exact) mass is 250 g/mol. The lowest BCUT2D eigenvalue weighted by atomic mass is 10.4. The number of carbonyl (C=O) groups excluding carboxylic acids is 1. The molecule has 0 aromatic rings. The predicted octanol–water partition coefficient (Wildman–Crippen LogP) is 4.26. The second kappa shape index (κ2) is 12.4. The third kappa shape index (κ3) is 14.4. The van der Waals surface area contributed by atoms with Crippen LogP contribution in [0.3, 0.4) is 0 Å². The minimum absolute atomic E-state index is 0.333. The molecule has 2 fully saturated rings. The highest BCUT2D eigenvalue weighted by molar-refractivity contribution is 8.07. The average molecular weight is 250 g/mol. The van der Waals surface area contributed by atoms with Gasteiger partial charge in [0, 0.05) is 16.8 Å². The lowest BCUT2D eigenvalue weighted by molar-refractivity contribution is -0.115. The van der Waals surface area contributed by atoms with Gasteiger partial charge in [-0.15, -0.1) is 11.8 Å². The molecule has 0 aliphatic carbocycles. The van der Waals surface area contributed by atoms with Crippen LogP contribution in [0.4, 0.5) is 0 Å². The van der Waals surface area contributed by atoms with Gasteiger partial charge < -0.3 is 0 Å². The first-order valence-electron chi connectivity index (χ1n) is 5.97. The zero-order chi connectivity index (χ0) is 12.3. The van der Waals surface area contributed by atoms with Crippen LogP contribution < -0.4 is 0 Å². The van der Waals surface area contributed by atoms with Gasteiger partial charge in [0.05, 0.1) is 5.25 Å². The Labute approximate surface area is 104 Å². The van der Waals surface area contributed by atoms with Crippen LogP contribution >= 0.6 is 23.5 Å². The Morgan fingerprint density at radius 2 is 1.53 bits per heavy atom. The van der Waals surface area contributed by atoms with E-state index in [1.165, 1.54) is 12.2 Å². The molecule has 0 radical (unpaired) electrons. The van der Waals surface area contributed by atoms with Crippen molar-refractivity contribution in [2.45, 2.75) is 58.5 Å². The molecule has 0 aromatic carbocycles. The van der Waals surface area contributed by atoms with Gasteiger partial charge in [0.15, 0.2) is 0 Å². The summed E-state index contributed by atoms with van der Waals surface area (Å²) in [6.45, 7) is 11.9. The van der Waals surface area contributed by atoms with Gasteiger partial charge in [-0.2, -0.15) is 11.8 Å². The Hall–Kier alpha value is 0.370. The van der Waals surface area contributed by atoms with Crippen LogP contribution in [0.5, 0.6) is 0 Å². The summed E-state index contributed by atoms with van der Waals surface area (Å²) in [5, 5.41) is 1.43. The summed E-state index contributed by atoms with van der Waals surface area (Å²) in [4.78, 5) is 10.2. The van der Waals surface area contributed by atoms with Crippen molar-refractivity contribution in [2.24, 2.45) is 0 Å². The molecule has 15 heavy (non-hydrogen) atoms. The fraction of sp³-hybridized carbons (Fsp3) is 0.917. The zero-order valence-electron chi connectivity index (χ0n) is 11.0. The Bertz CT molecular complexity index is 141. The molecule has 2 atom stereocenters. The lowest BCUT2D eigenvalue weighted by Gasteiger charge is -1.73. The van der Waals surface area contributed by atoms with E-state index in [-0.39, 0.29) is 0 Å². The number of carbonyl (C=O) groups is 1. The maximum absolute atomic E-state index is 10.2. The molecule has 3 heteroatoms. The molecule has 2 heterocycles. The van der Waals surface area contributed by atoms with Gasteiger partial charge in [0.25, 0.3) is 0 Å². The van der Waals surface area contributed by atoms with Crippen LogP contribution in [0.2, 0.25) is 0 Å². The Morgan fingerprint density at radius 1 is 1.13 bits per heavy atom. The van der Waals surface area contributed by atoms with Gasteiger partial charge in [-0.1, -0.05) is 34.6 Å². The average Bonchev–Trinajstić information content (AvgIpc) is 3.13. The van der Waals surface area contributed by atoms with E-state index in [1.807, 2.05) is 27.7 Å². The van der Waals surface area contributed by atoms with Crippen LogP contribution in [0, 0.1) is 0 Å². The number of Topliss-reactive ketones (excluding diaryl/α,β-unsaturated/α-hetero) is 1. The van der Waals surface area contributed by atoms with Crippen molar-refractivity contribution in [1.82, 2.24) is 0 Å². The first-order valence-corrected chi connectivity index (χ1v) is 8.07. The van der Waals surface area contributed by atoms with E-state index >= 15 is 0 Å². The van der Waals surface area contributed by atoms with Crippen LogP contribution in [0.25, 0.3) is 0 Å². The highest BCUT2D eigenvalue weighted by atomic mass is 32.2. The summed E-state index contributed by atoms with van der Waals surface area (Å²) in [7, 11) is 0. The normalized spacial score (nSPS) is 24.1. The second-order valence-electron chi connectivity index (χ2n) is 2.80. The van der Waals surface area contributed by atoms with Gasteiger partial charge in [0.2, 0.25) is 0 Å². The summed E-state index contributed by atoms with van der Waals surface area (Å²) in [6, 6.07) is 0. The van der Waals surface area contributed by atoms with Crippen molar-refractivity contribution in [2.75, 3.05) is 11.5 Å². The molecule has 2 aliphatic rings. The summed E-state index contributed by atoms with van der Waals surface area (Å²) < 4.78 is 0. The molecular weight excluding hydrogens is 224 g/mol. The van der Waals surface area contributed by atoms with Gasteiger partial charge >= 0.3 is 0 Å². The fourth-order valence-electron chi connectivity index (χ4n) is 0.587. The van der Waals surface area contributed by atoms with Crippen molar-refractivity contribution in [1.29, 1.82) is 0 Å². The molecule has 0 amide bonds. The SMILES string of the molecule is CC.CC.CC(=O)C1CS1.CCC1CS1. The second-order valence-corrected chi connectivity index (χ2v) is 5.37.